The fourth-order valence-corrected chi connectivity index (χ4v) is 2.69. The van der Waals surface area contributed by atoms with Gasteiger partial charge in [0.1, 0.15) is 0 Å². The van der Waals surface area contributed by atoms with Crippen LogP contribution in [0.3, 0.4) is 0 Å². The van der Waals surface area contributed by atoms with Crippen molar-refractivity contribution in [3.8, 4) is 11.5 Å². The van der Waals surface area contributed by atoms with Crippen molar-refractivity contribution >= 4 is 12.0 Å². The van der Waals surface area contributed by atoms with Gasteiger partial charge in [-0.2, -0.15) is 13.2 Å². The Balaban J connectivity index is 1.99. The molecule has 138 valence electrons. The maximum Gasteiger partial charge on any atom is 0.394 e. The molecule has 1 aliphatic rings. The minimum absolute atomic E-state index is 0.0404. The first-order valence-corrected chi connectivity index (χ1v) is 7.31. The van der Waals surface area contributed by atoms with Gasteiger partial charge in [-0.05, 0) is 17.7 Å². The van der Waals surface area contributed by atoms with Crippen molar-refractivity contribution in [3.05, 3.63) is 23.8 Å². The Bertz CT molecular complexity index is 665. The number of alkyl halides is 3. The first-order chi connectivity index (χ1) is 11.6. The summed E-state index contributed by atoms with van der Waals surface area (Å²) in [4.78, 5) is 23.9. The summed E-state index contributed by atoms with van der Waals surface area (Å²) >= 11 is 0. The number of rotatable bonds is 4. The molecule has 10 heteroatoms. The molecule has 25 heavy (non-hydrogen) atoms. The van der Waals surface area contributed by atoms with E-state index in [4.69, 9.17) is 9.84 Å². The predicted octanol–water partition coefficient (Wildman–Crippen LogP) is 1.81. The van der Waals surface area contributed by atoms with Crippen molar-refractivity contribution in [2.45, 2.75) is 12.7 Å². The highest BCUT2D eigenvalue weighted by molar-refractivity contribution is 5.77. The minimum Gasteiger partial charge on any atom is -0.504 e. The molecule has 1 heterocycles. The number of methoxy groups -OCH3 is 1. The van der Waals surface area contributed by atoms with E-state index in [9.17, 15) is 27.9 Å². The van der Waals surface area contributed by atoms with Crippen LogP contribution in [0.2, 0.25) is 0 Å². The Labute approximate surface area is 141 Å². The first kappa shape index (κ1) is 18.7. The zero-order valence-corrected chi connectivity index (χ0v) is 13.2. The fourth-order valence-electron chi connectivity index (χ4n) is 2.69. The number of ether oxygens (including phenoxy) is 1. The number of phenolic OH excluding ortho intramolecular Hbond substituents is 1. The summed E-state index contributed by atoms with van der Waals surface area (Å²) in [6.45, 7) is -1.26. The fraction of sp³-hybridized carbons (Fsp3) is 0.467. The molecule has 1 fully saturated rings. The molecule has 0 unspecified atom stereocenters. The summed E-state index contributed by atoms with van der Waals surface area (Å²) < 4.78 is 43.6. The number of amides is 2. The van der Waals surface area contributed by atoms with Crippen LogP contribution in [0.5, 0.6) is 11.5 Å². The number of hydrogen-bond donors (Lipinski definition) is 3. The van der Waals surface area contributed by atoms with Crippen molar-refractivity contribution in [3.63, 3.8) is 0 Å². The SMILES string of the molecule is COc1ccc(CNC(=O)N2C[C@@H](C(F)(F)F)[C@H](C(=O)O)C2)cc1O. The summed E-state index contributed by atoms with van der Waals surface area (Å²) in [7, 11) is 1.37. The number of nitrogens with zero attached hydrogens (tertiary/aromatic N) is 1. The molecule has 1 saturated heterocycles. The van der Waals surface area contributed by atoms with Gasteiger partial charge in [-0.1, -0.05) is 6.07 Å². The zero-order valence-electron chi connectivity index (χ0n) is 13.2. The van der Waals surface area contributed by atoms with Crippen LogP contribution in [0.1, 0.15) is 5.56 Å². The third-order valence-electron chi connectivity index (χ3n) is 4.03. The summed E-state index contributed by atoms with van der Waals surface area (Å²) in [6, 6.07) is 3.60. The summed E-state index contributed by atoms with van der Waals surface area (Å²) in [5.74, 6) is -5.26. The molecule has 0 aliphatic carbocycles. The quantitative estimate of drug-likeness (QED) is 0.759. The predicted molar refractivity (Wildman–Crippen MR) is 79.1 cm³/mol. The summed E-state index contributed by atoms with van der Waals surface area (Å²) in [5, 5.41) is 21.0. The average Bonchev–Trinajstić information content (AvgIpc) is 2.98. The number of nitrogens with one attached hydrogen (secondary N) is 1. The molecule has 1 aliphatic heterocycles. The molecule has 0 aromatic heterocycles. The molecule has 0 radical (unpaired) electrons. The van der Waals surface area contributed by atoms with Crippen molar-refractivity contribution in [2.75, 3.05) is 20.2 Å². The summed E-state index contributed by atoms with van der Waals surface area (Å²) in [6.07, 6.45) is -4.69. The number of carbonyl (C=O) groups is 2. The molecule has 2 rings (SSSR count). The van der Waals surface area contributed by atoms with E-state index in [-0.39, 0.29) is 18.0 Å². The molecule has 0 spiro atoms. The highest BCUT2D eigenvalue weighted by Gasteiger charge is 2.53. The Morgan fingerprint density at radius 3 is 2.52 bits per heavy atom. The molecular weight excluding hydrogens is 345 g/mol. The van der Waals surface area contributed by atoms with E-state index in [0.29, 0.717) is 5.56 Å². The van der Waals surface area contributed by atoms with Gasteiger partial charge in [0, 0.05) is 19.6 Å². The molecule has 1 aromatic carbocycles. The molecule has 7 nitrogen and oxygen atoms in total. The van der Waals surface area contributed by atoms with Crippen LogP contribution in [0, 0.1) is 11.8 Å². The number of carboxylic acid groups (broad SMARTS) is 1. The number of likely N-dealkylation sites (tertiary alicyclic amines) is 1. The van der Waals surface area contributed by atoms with Gasteiger partial charge in [-0.15, -0.1) is 0 Å². The lowest BCUT2D eigenvalue weighted by atomic mass is 9.96. The topological polar surface area (TPSA) is 99.1 Å². The molecule has 3 N–H and O–H groups in total. The number of phenols is 1. The van der Waals surface area contributed by atoms with Crippen LogP contribution in [-0.4, -0.2) is 53.5 Å². The minimum atomic E-state index is -4.69. The number of urea groups is 1. The van der Waals surface area contributed by atoms with Gasteiger partial charge >= 0.3 is 18.2 Å². The number of benzene rings is 1. The van der Waals surface area contributed by atoms with Crippen LogP contribution < -0.4 is 10.1 Å². The van der Waals surface area contributed by atoms with Gasteiger partial charge in [-0.3, -0.25) is 4.79 Å². The van der Waals surface area contributed by atoms with Crippen molar-refractivity contribution < 1.29 is 37.7 Å². The molecule has 1 aromatic rings. The largest absolute Gasteiger partial charge is 0.504 e. The standard InChI is InChI=1S/C15H17F3N2O5/c1-25-12-3-2-8(4-11(12)21)5-19-14(24)20-6-9(13(22)23)10(7-20)15(16,17)18/h2-4,9-10,21H,5-7H2,1H3,(H,19,24)(H,22,23)/t9-,10-/m1/s1. The Morgan fingerprint density at radius 1 is 1.36 bits per heavy atom. The Kier molecular flexibility index (Phi) is 5.29. The van der Waals surface area contributed by atoms with E-state index in [1.54, 1.807) is 6.07 Å². The number of carboxylic acids is 1. The van der Waals surface area contributed by atoms with E-state index in [0.717, 1.165) is 4.90 Å². The van der Waals surface area contributed by atoms with Gasteiger partial charge in [0.25, 0.3) is 0 Å². The van der Waals surface area contributed by atoms with E-state index in [1.807, 2.05) is 0 Å². The lowest BCUT2D eigenvalue weighted by Crippen LogP contribution is -2.39. The van der Waals surface area contributed by atoms with Crippen LogP contribution in [-0.2, 0) is 11.3 Å². The monoisotopic (exact) mass is 362 g/mol. The Hall–Kier alpha value is -2.65. The van der Waals surface area contributed by atoms with Crippen molar-refractivity contribution in [2.24, 2.45) is 11.8 Å². The second-order valence-corrected chi connectivity index (χ2v) is 5.66. The van der Waals surface area contributed by atoms with Gasteiger partial charge in [-0.25, -0.2) is 4.79 Å². The smallest absolute Gasteiger partial charge is 0.394 e. The third-order valence-corrected chi connectivity index (χ3v) is 4.03. The summed E-state index contributed by atoms with van der Waals surface area (Å²) in [5.41, 5.74) is 0.507. The molecule has 0 saturated carbocycles. The maximum atomic E-state index is 12.9. The van der Waals surface area contributed by atoms with Crippen LogP contribution in [0.4, 0.5) is 18.0 Å². The lowest BCUT2D eigenvalue weighted by molar-refractivity contribution is -0.187. The van der Waals surface area contributed by atoms with E-state index in [1.165, 1.54) is 19.2 Å². The molecule has 2 amide bonds. The van der Waals surface area contributed by atoms with Gasteiger partial charge in [0.05, 0.1) is 18.9 Å². The first-order valence-electron chi connectivity index (χ1n) is 7.31. The molecule has 0 bridgehead atoms. The lowest BCUT2D eigenvalue weighted by Gasteiger charge is -2.18. The highest BCUT2D eigenvalue weighted by atomic mass is 19.4. The number of hydrogen-bond acceptors (Lipinski definition) is 4. The van der Waals surface area contributed by atoms with Crippen LogP contribution in [0.25, 0.3) is 0 Å². The van der Waals surface area contributed by atoms with Crippen LogP contribution in [0.15, 0.2) is 18.2 Å². The molecule has 2 atom stereocenters. The van der Waals surface area contributed by atoms with E-state index >= 15 is 0 Å². The van der Waals surface area contributed by atoms with Gasteiger partial charge < -0.3 is 25.2 Å². The van der Waals surface area contributed by atoms with Gasteiger partial charge in [0.2, 0.25) is 0 Å². The molecular formula is C15H17F3N2O5. The van der Waals surface area contributed by atoms with Crippen molar-refractivity contribution in [1.29, 1.82) is 0 Å². The number of aromatic hydroxyl groups is 1. The van der Waals surface area contributed by atoms with Crippen molar-refractivity contribution in [1.82, 2.24) is 10.2 Å². The van der Waals surface area contributed by atoms with E-state index in [2.05, 4.69) is 5.32 Å². The highest BCUT2D eigenvalue weighted by Crippen LogP contribution is 2.37. The van der Waals surface area contributed by atoms with Crippen LogP contribution >= 0.6 is 0 Å². The zero-order chi connectivity index (χ0) is 18.8. The maximum absolute atomic E-state index is 12.9. The second-order valence-electron chi connectivity index (χ2n) is 5.66. The average molecular weight is 362 g/mol. The second kappa shape index (κ2) is 7.08. The normalized spacial score (nSPS) is 20.4. The number of halogens is 3. The van der Waals surface area contributed by atoms with E-state index < -0.39 is 43.1 Å². The van der Waals surface area contributed by atoms with Gasteiger partial charge in [0.15, 0.2) is 11.5 Å². The number of aliphatic carboxylic acids is 1. The number of carbonyl (C=O) groups excluding carboxylic acids is 1. The Morgan fingerprint density at radius 2 is 2.04 bits per heavy atom. The third kappa shape index (κ3) is 4.25.